The molecule has 1 saturated heterocycles. The van der Waals surface area contributed by atoms with E-state index in [0.717, 1.165) is 54.8 Å². The van der Waals surface area contributed by atoms with Crippen LogP contribution in [0.15, 0.2) is 63.3 Å². The zero-order valence-corrected chi connectivity index (χ0v) is 25.8. The minimum absolute atomic E-state index is 0.257. The van der Waals surface area contributed by atoms with Crippen LogP contribution in [-0.2, 0) is 21.4 Å². The van der Waals surface area contributed by atoms with Gasteiger partial charge in [0, 0.05) is 38.1 Å². The summed E-state index contributed by atoms with van der Waals surface area (Å²) in [5.41, 5.74) is 3.27. The van der Waals surface area contributed by atoms with E-state index < -0.39 is 16.1 Å². The molecule has 41 heavy (non-hydrogen) atoms. The van der Waals surface area contributed by atoms with Crippen LogP contribution in [0.2, 0.25) is 0 Å². The molecule has 1 aromatic carbocycles. The lowest BCUT2D eigenvalue weighted by Gasteiger charge is -2.39. The number of aromatic nitrogens is 2. The van der Waals surface area contributed by atoms with Crippen LogP contribution in [0.25, 0.3) is 16.6 Å². The Labute approximate surface area is 247 Å². The number of rotatable bonds is 13. The van der Waals surface area contributed by atoms with Crippen molar-refractivity contribution in [1.82, 2.24) is 18.8 Å². The Bertz CT molecular complexity index is 1510. The molecular weight excluding hydrogens is 557 g/mol. The zero-order chi connectivity index (χ0) is 29.4. The highest BCUT2D eigenvalue weighted by Gasteiger charge is 2.40. The maximum atomic E-state index is 13.7. The average Bonchev–Trinajstić information content (AvgIpc) is 3.64. The van der Waals surface area contributed by atoms with Crippen molar-refractivity contribution < 1.29 is 13.2 Å². The second kappa shape index (κ2) is 14.2. The van der Waals surface area contributed by atoms with Gasteiger partial charge in [-0.15, -0.1) is 11.3 Å². The second-order valence-corrected chi connectivity index (χ2v) is 13.2. The number of nitrogens with zero attached hydrogens (tertiary/aromatic N) is 5. The maximum absolute atomic E-state index is 13.7. The molecule has 3 aromatic rings. The van der Waals surface area contributed by atoms with Crippen LogP contribution >= 0.6 is 11.3 Å². The molecule has 9 nitrogen and oxygen atoms in total. The summed E-state index contributed by atoms with van der Waals surface area (Å²) >= 11 is 1.17. The fraction of sp³-hybridized carbons (Fsp3) is 0.433. The number of anilines is 1. The summed E-state index contributed by atoms with van der Waals surface area (Å²) in [7, 11) is -3.79. The highest BCUT2D eigenvalue weighted by atomic mass is 32.2. The fourth-order valence-corrected chi connectivity index (χ4v) is 7.88. The number of aliphatic imine (C=N–C) groups is 1. The highest BCUT2D eigenvalue weighted by Crippen LogP contribution is 2.28. The van der Waals surface area contributed by atoms with E-state index in [1.54, 1.807) is 23.7 Å². The minimum atomic E-state index is -3.79. The van der Waals surface area contributed by atoms with Gasteiger partial charge in [0.1, 0.15) is 16.1 Å². The Kier molecular flexibility index (Phi) is 10.7. The number of imidazole rings is 1. The lowest BCUT2D eigenvalue weighted by Crippen LogP contribution is -2.59. The zero-order valence-electron chi connectivity index (χ0n) is 24.1. The molecule has 0 aliphatic carbocycles. The smallest absolute Gasteiger partial charge is 0.253 e. The Morgan fingerprint density at radius 3 is 2.76 bits per heavy atom. The lowest BCUT2D eigenvalue weighted by atomic mass is 10.1. The van der Waals surface area contributed by atoms with Crippen molar-refractivity contribution in [3.8, 4) is 0 Å². The number of sulfonamides is 1. The predicted molar refractivity (Wildman–Crippen MR) is 169 cm³/mol. The number of nitrogens with one attached hydrogen (secondary N) is 1. The van der Waals surface area contributed by atoms with Gasteiger partial charge < -0.3 is 9.88 Å². The number of unbranched alkanes of at least 4 members (excludes halogenated alkanes) is 3. The predicted octanol–water partition coefficient (Wildman–Crippen LogP) is 5.63. The standard InChI is InChI=1S/C30H40N6O3S2/c1-5-7-8-9-17-34-18-19-36(41(38,39)28-13-11-20-40-28)27(22-34)30(37)32-24-14-15-26-25(21-24)33-29(35(26)6-2)23(3)12-10-16-31-4/h10-16,20-21,27H,4-9,17-19,22H2,1-3H3,(H,32,37)/b16-10-,23-12+/t27-/m0/s1. The lowest BCUT2D eigenvalue weighted by molar-refractivity contribution is -0.121. The van der Waals surface area contributed by atoms with Gasteiger partial charge in [-0.1, -0.05) is 38.3 Å². The minimum Gasteiger partial charge on any atom is -0.325 e. The third-order valence-corrected chi connectivity index (χ3v) is 10.6. The van der Waals surface area contributed by atoms with E-state index in [-0.39, 0.29) is 16.7 Å². The summed E-state index contributed by atoms with van der Waals surface area (Å²) in [6.45, 7) is 12.5. The van der Waals surface area contributed by atoms with Gasteiger partial charge in [0.2, 0.25) is 5.91 Å². The Morgan fingerprint density at radius 1 is 1.22 bits per heavy atom. The number of hydrogen-bond acceptors (Lipinski definition) is 7. The van der Waals surface area contributed by atoms with Gasteiger partial charge in [0.05, 0.1) is 11.0 Å². The van der Waals surface area contributed by atoms with Crippen LogP contribution in [0.4, 0.5) is 5.69 Å². The molecule has 2 aromatic heterocycles. The van der Waals surface area contributed by atoms with Crippen LogP contribution in [0.5, 0.6) is 0 Å². The van der Waals surface area contributed by atoms with Crippen molar-refractivity contribution in [3.63, 3.8) is 0 Å². The molecule has 4 rings (SSSR count). The number of amides is 1. The molecule has 3 heterocycles. The number of allylic oxidation sites excluding steroid dienone is 3. The number of aryl methyl sites for hydroxylation is 1. The molecule has 0 radical (unpaired) electrons. The maximum Gasteiger partial charge on any atom is 0.253 e. The van der Waals surface area contributed by atoms with E-state index in [2.05, 4.69) is 40.3 Å². The van der Waals surface area contributed by atoms with Crippen LogP contribution < -0.4 is 5.32 Å². The largest absolute Gasteiger partial charge is 0.325 e. The topological polar surface area (TPSA) is 99.9 Å². The monoisotopic (exact) mass is 596 g/mol. The van der Waals surface area contributed by atoms with Gasteiger partial charge in [0.25, 0.3) is 10.0 Å². The van der Waals surface area contributed by atoms with E-state index in [1.165, 1.54) is 22.1 Å². The molecular formula is C30H40N6O3S2. The van der Waals surface area contributed by atoms with Crippen LogP contribution in [-0.4, -0.2) is 72.0 Å². The molecule has 0 unspecified atom stereocenters. The van der Waals surface area contributed by atoms with Crippen LogP contribution in [0, 0.1) is 0 Å². The molecule has 11 heteroatoms. The first-order valence-electron chi connectivity index (χ1n) is 14.2. The third-order valence-electron chi connectivity index (χ3n) is 7.33. The Hall–Kier alpha value is -3.12. The Balaban J connectivity index is 1.59. The average molecular weight is 597 g/mol. The van der Waals surface area contributed by atoms with Crippen molar-refractivity contribution >= 4 is 56.3 Å². The number of carbonyl (C=O) groups is 1. The van der Waals surface area contributed by atoms with Crippen LogP contribution in [0.1, 0.15) is 52.3 Å². The molecule has 0 bridgehead atoms. The molecule has 1 aliphatic heterocycles. The van der Waals surface area contributed by atoms with E-state index in [4.69, 9.17) is 4.98 Å². The van der Waals surface area contributed by atoms with Gasteiger partial charge in [-0.05, 0) is 74.8 Å². The first kappa shape index (κ1) is 30.8. The SMILES string of the molecule is C=N/C=C\C=C(/C)c1nc2cc(NC(=O)[C@@H]3CN(CCCCCC)CCN3S(=O)(=O)c3cccs3)ccc2n1CC. The molecule has 0 saturated carbocycles. The number of hydrogen-bond donors (Lipinski definition) is 1. The van der Waals surface area contributed by atoms with Crippen molar-refractivity contribution in [1.29, 1.82) is 0 Å². The number of piperazine rings is 1. The first-order chi connectivity index (χ1) is 19.8. The molecule has 1 N–H and O–H groups in total. The summed E-state index contributed by atoms with van der Waals surface area (Å²) < 4.78 is 30.8. The number of thiophene rings is 1. The Morgan fingerprint density at radius 2 is 2.05 bits per heavy atom. The molecule has 1 fully saturated rings. The number of fused-ring (bicyclic) bond motifs is 1. The summed E-state index contributed by atoms with van der Waals surface area (Å²) in [4.78, 5) is 24.5. The first-order valence-corrected chi connectivity index (χ1v) is 16.5. The van der Waals surface area contributed by atoms with Gasteiger partial charge in [0.15, 0.2) is 0 Å². The molecule has 1 amide bonds. The van der Waals surface area contributed by atoms with Crippen molar-refractivity contribution in [2.45, 2.75) is 63.3 Å². The highest BCUT2D eigenvalue weighted by molar-refractivity contribution is 7.91. The van der Waals surface area contributed by atoms with Crippen molar-refractivity contribution in [2.24, 2.45) is 4.99 Å². The van der Waals surface area contributed by atoms with E-state index in [0.29, 0.717) is 18.8 Å². The summed E-state index contributed by atoms with van der Waals surface area (Å²) in [5, 5.41) is 4.75. The molecule has 220 valence electrons. The summed E-state index contributed by atoms with van der Waals surface area (Å²) in [6.07, 6.45) is 9.86. The van der Waals surface area contributed by atoms with E-state index >= 15 is 0 Å². The molecule has 0 spiro atoms. The van der Waals surface area contributed by atoms with Gasteiger partial charge in [-0.25, -0.2) is 13.4 Å². The molecule has 1 aliphatic rings. The second-order valence-electron chi connectivity index (χ2n) is 10.2. The summed E-state index contributed by atoms with van der Waals surface area (Å²) in [6, 6.07) is 8.13. The van der Waals surface area contributed by atoms with Crippen molar-refractivity contribution in [3.05, 3.63) is 59.9 Å². The van der Waals surface area contributed by atoms with E-state index in [9.17, 15) is 13.2 Å². The summed E-state index contributed by atoms with van der Waals surface area (Å²) in [5.74, 6) is 0.495. The third kappa shape index (κ3) is 7.21. The number of carbonyl (C=O) groups excluding carboxylic acids is 1. The van der Waals surface area contributed by atoms with E-state index in [1.807, 2.05) is 37.3 Å². The van der Waals surface area contributed by atoms with Crippen LogP contribution in [0.3, 0.4) is 0 Å². The normalized spacial score (nSPS) is 17.4. The quantitative estimate of drug-likeness (QED) is 0.157. The fourth-order valence-electron chi connectivity index (χ4n) is 5.19. The van der Waals surface area contributed by atoms with Gasteiger partial charge >= 0.3 is 0 Å². The van der Waals surface area contributed by atoms with Crippen molar-refractivity contribution in [2.75, 3.05) is 31.5 Å². The van der Waals surface area contributed by atoms with Gasteiger partial charge in [-0.2, -0.15) is 4.31 Å². The number of benzene rings is 1. The molecule has 1 atom stereocenters. The van der Waals surface area contributed by atoms with Gasteiger partial charge in [-0.3, -0.25) is 14.7 Å².